The van der Waals surface area contributed by atoms with Crippen molar-refractivity contribution in [1.82, 2.24) is 18.2 Å². The Labute approximate surface area is 162 Å². The molecule has 0 saturated carbocycles. The highest BCUT2D eigenvalue weighted by Gasteiger charge is 2.32. The molecule has 1 aromatic heterocycles. The van der Waals surface area contributed by atoms with Crippen molar-refractivity contribution >= 4 is 25.7 Å². The molecule has 3 rings (SSSR count). The first-order chi connectivity index (χ1) is 13.1. The minimum absolute atomic E-state index is 0.00881. The Morgan fingerprint density at radius 2 is 1.54 bits per heavy atom. The molecule has 1 aliphatic heterocycles. The number of aromatic nitrogens is 2. The maximum atomic E-state index is 12.8. The number of hydrogen-bond donors (Lipinski definition) is 0. The lowest BCUT2D eigenvalue weighted by Crippen LogP contribution is -2.37. The largest absolute Gasteiger partial charge is 0.339 e. The van der Waals surface area contributed by atoms with Gasteiger partial charge in [0.2, 0.25) is 10.0 Å². The van der Waals surface area contributed by atoms with Crippen molar-refractivity contribution in [3.05, 3.63) is 46.9 Å². The summed E-state index contributed by atoms with van der Waals surface area (Å²) in [5, 5.41) is 10.7. The van der Waals surface area contributed by atoms with Crippen molar-refractivity contribution in [3.8, 4) is 0 Å². The predicted molar refractivity (Wildman–Crippen MR) is 98.4 cm³/mol. The number of non-ortho nitro benzene ring substituents is 1. The van der Waals surface area contributed by atoms with E-state index in [2.05, 4.69) is 4.98 Å². The van der Waals surface area contributed by atoms with Crippen LogP contribution in [0.2, 0.25) is 0 Å². The summed E-state index contributed by atoms with van der Waals surface area (Å²) in [6, 6.07) is 4.62. The molecule has 13 heteroatoms. The van der Waals surface area contributed by atoms with Gasteiger partial charge in [-0.1, -0.05) is 0 Å². The summed E-state index contributed by atoms with van der Waals surface area (Å²) in [6.07, 6.45) is 3.10. The molecule has 0 bridgehead atoms. The quantitative estimate of drug-likeness (QED) is 0.496. The molecule has 0 amide bonds. The second-order valence-corrected chi connectivity index (χ2v) is 10.1. The van der Waals surface area contributed by atoms with Crippen molar-refractivity contribution in [2.45, 2.75) is 16.3 Å². The number of sulfonamides is 2. The number of nitro benzene ring substituents is 1. The van der Waals surface area contributed by atoms with Gasteiger partial charge in [0.1, 0.15) is 0 Å². The summed E-state index contributed by atoms with van der Waals surface area (Å²) in [5.74, 6) is 0. The van der Waals surface area contributed by atoms with Crippen LogP contribution in [0, 0.1) is 10.1 Å². The van der Waals surface area contributed by atoms with Gasteiger partial charge in [0.05, 0.1) is 16.1 Å². The Hall–Kier alpha value is -2.35. The molecule has 1 fully saturated rings. The van der Waals surface area contributed by atoms with Crippen LogP contribution in [0.25, 0.3) is 0 Å². The van der Waals surface area contributed by atoms with Gasteiger partial charge in [-0.25, -0.2) is 21.8 Å². The number of nitro groups is 1. The zero-order valence-corrected chi connectivity index (χ0v) is 16.6. The zero-order valence-electron chi connectivity index (χ0n) is 15.0. The standard InChI is InChI=1S/C15H19N5O6S2/c1-17-11-15(16-12-17)28(25,26)19-8-2-7-18(9-10-19)27(23,24)14-5-3-13(4-6-14)20(21)22/h3-6,11-12H,2,7-10H2,1H3. The van der Waals surface area contributed by atoms with Crippen LogP contribution in [-0.2, 0) is 27.1 Å². The number of nitrogens with zero attached hydrogens (tertiary/aromatic N) is 5. The summed E-state index contributed by atoms with van der Waals surface area (Å²) in [4.78, 5) is 13.9. The van der Waals surface area contributed by atoms with Crippen LogP contribution < -0.4 is 0 Å². The van der Waals surface area contributed by atoms with Crippen LogP contribution in [0.15, 0.2) is 46.7 Å². The zero-order chi connectivity index (χ0) is 20.5. The molecule has 2 aromatic rings. The monoisotopic (exact) mass is 429 g/mol. The fraction of sp³-hybridized carbons (Fsp3) is 0.400. The fourth-order valence-electron chi connectivity index (χ4n) is 2.89. The predicted octanol–water partition coefficient (Wildman–Crippen LogP) is 0.414. The van der Waals surface area contributed by atoms with Crippen molar-refractivity contribution in [1.29, 1.82) is 0 Å². The minimum Gasteiger partial charge on any atom is -0.339 e. The van der Waals surface area contributed by atoms with Crippen LogP contribution in [0.5, 0.6) is 0 Å². The van der Waals surface area contributed by atoms with E-state index < -0.39 is 25.0 Å². The van der Waals surface area contributed by atoms with Gasteiger partial charge in [-0.05, 0) is 18.6 Å². The minimum atomic E-state index is -3.89. The third-order valence-corrected chi connectivity index (χ3v) is 8.08. The summed E-state index contributed by atoms with van der Waals surface area (Å²) < 4.78 is 55.0. The van der Waals surface area contributed by atoms with E-state index in [1.807, 2.05) is 0 Å². The van der Waals surface area contributed by atoms with E-state index in [-0.39, 0.29) is 41.8 Å². The van der Waals surface area contributed by atoms with Gasteiger partial charge in [0.15, 0.2) is 5.03 Å². The van der Waals surface area contributed by atoms with Gasteiger partial charge in [0, 0.05) is 51.6 Å². The topological polar surface area (TPSA) is 136 Å². The van der Waals surface area contributed by atoms with Crippen LogP contribution in [0.4, 0.5) is 5.69 Å². The Balaban J connectivity index is 1.78. The molecular formula is C15H19N5O6S2. The van der Waals surface area contributed by atoms with E-state index in [0.717, 1.165) is 12.1 Å². The highest BCUT2D eigenvalue weighted by Crippen LogP contribution is 2.22. The van der Waals surface area contributed by atoms with E-state index in [1.54, 1.807) is 7.05 Å². The first-order valence-electron chi connectivity index (χ1n) is 8.35. The smallest absolute Gasteiger partial charge is 0.269 e. The highest BCUT2D eigenvalue weighted by atomic mass is 32.2. The number of aryl methyl sites for hydroxylation is 1. The van der Waals surface area contributed by atoms with E-state index in [1.165, 1.54) is 37.8 Å². The summed E-state index contributed by atoms with van der Waals surface area (Å²) in [5.41, 5.74) is -0.206. The molecule has 0 aliphatic carbocycles. The normalized spacial score (nSPS) is 17.3. The fourth-order valence-corrected chi connectivity index (χ4v) is 5.80. The Kier molecular flexibility index (Phi) is 5.52. The number of benzene rings is 1. The lowest BCUT2D eigenvalue weighted by molar-refractivity contribution is -0.384. The Morgan fingerprint density at radius 1 is 0.964 bits per heavy atom. The van der Waals surface area contributed by atoms with Crippen molar-refractivity contribution in [3.63, 3.8) is 0 Å². The molecule has 0 radical (unpaired) electrons. The first kappa shape index (κ1) is 20.4. The molecule has 11 nitrogen and oxygen atoms in total. The van der Waals surface area contributed by atoms with Gasteiger partial charge in [-0.2, -0.15) is 8.61 Å². The van der Waals surface area contributed by atoms with Crippen LogP contribution in [-0.4, -0.2) is 66.1 Å². The molecule has 1 aromatic carbocycles. The molecular weight excluding hydrogens is 410 g/mol. The molecule has 2 heterocycles. The molecule has 0 unspecified atom stereocenters. The lowest BCUT2D eigenvalue weighted by atomic mass is 10.3. The second-order valence-electron chi connectivity index (χ2n) is 6.29. The van der Waals surface area contributed by atoms with Gasteiger partial charge >= 0.3 is 0 Å². The van der Waals surface area contributed by atoms with Gasteiger partial charge in [-0.15, -0.1) is 0 Å². The highest BCUT2D eigenvalue weighted by molar-refractivity contribution is 7.89. The third kappa shape index (κ3) is 3.92. The summed E-state index contributed by atoms with van der Waals surface area (Å²) in [6.45, 7) is 0.287. The molecule has 1 aliphatic rings. The lowest BCUT2D eigenvalue weighted by Gasteiger charge is -2.21. The SMILES string of the molecule is Cn1cnc(S(=O)(=O)N2CCCN(S(=O)(=O)c3ccc([N+](=O)[O-])cc3)CC2)c1. The van der Waals surface area contributed by atoms with Crippen molar-refractivity contribution in [2.75, 3.05) is 26.2 Å². The third-order valence-electron chi connectivity index (χ3n) is 4.38. The van der Waals surface area contributed by atoms with Crippen LogP contribution >= 0.6 is 0 Å². The van der Waals surface area contributed by atoms with Gasteiger partial charge in [0.25, 0.3) is 15.7 Å². The van der Waals surface area contributed by atoms with Gasteiger partial charge in [-0.3, -0.25) is 10.1 Å². The van der Waals surface area contributed by atoms with E-state index in [0.29, 0.717) is 6.42 Å². The van der Waals surface area contributed by atoms with Gasteiger partial charge < -0.3 is 4.57 Å². The Bertz CT molecular complexity index is 1080. The number of imidazole rings is 1. The number of hydrogen-bond acceptors (Lipinski definition) is 7. The molecule has 1 saturated heterocycles. The molecule has 152 valence electrons. The molecule has 28 heavy (non-hydrogen) atoms. The average molecular weight is 429 g/mol. The summed E-state index contributed by atoms with van der Waals surface area (Å²) >= 11 is 0. The van der Waals surface area contributed by atoms with Crippen molar-refractivity contribution < 1.29 is 21.8 Å². The summed E-state index contributed by atoms with van der Waals surface area (Å²) in [7, 11) is -6.04. The second kappa shape index (κ2) is 7.58. The first-order valence-corrected chi connectivity index (χ1v) is 11.2. The Morgan fingerprint density at radius 3 is 2.04 bits per heavy atom. The van der Waals surface area contributed by atoms with E-state index in [9.17, 15) is 26.9 Å². The van der Waals surface area contributed by atoms with E-state index >= 15 is 0 Å². The molecule has 0 spiro atoms. The maximum Gasteiger partial charge on any atom is 0.269 e. The average Bonchev–Trinajstić information content (AvgIpc) is 2.93. The maximum absolute atomic E-state index is 12.8. The van der Waals surface area contributed by atoms with Crippen LogP contribution in [0.3, 0.4) is 0 Å². The number of rotatable bonds is 5. The molecule has 0 atom stereocenters. The van der Waals surface area contributed by atoms with Crippen LogP contribution in [0.1, 0.15) is 6.42 Å². The molecule has 0 N–H and O–H groups in total. The van der Waals surface area contributed by atoms with Crippen molar-refractivity contribution in [2.24, 2.45) is 7.05 Å². The van der Waals surface area contributed by atoms with E-state index in [4.69, 9.17) is 0 Å².